The van der Waals surface area contributed by atoms with Crippen LogP contribution in [0.2, 0.25) is 5.02 Å². The lowest BCUT2D eigenvalue weighted by atomic mass is 10.0. The van der Waals surface area contributed by atoms with Crippen LogP contribution in [0.4, 0.5) is 5.82 Å². The smallest absolute Gasteiger partial charge is 0.225 e. The molecule has 152 valence electrons. The third-order valence-corrected chi connectivity index (χ3v) is 5.33. The molecule has 1 aliphatic rings. The standard InChI is InChI=1S/C21H24ClN5O2/c1-21(2,29)12-19(28)27-9-7-26(8-10-27)18-11-14(15(22)13-23-18)20-24-16-5-3-4-6-17(16)25-20/h3-6,11,13,29H,7-10,12H2,1-2H3,(H,24,25). The summed E-state index contributed by atoms with van der Waals surface area (Å²) in [6.45, 7) is 5.84. The summed E-state index contributed by atoms with van der Waals surface area (Å²) in [5, 5.41) is 10.4. The Kier molecular flexibility index (Phi) is 5.19. The number of benzene rings is 1. The number of para-hydroxylation sites is 2. The van der Waals surface area contributed by atoms with Crippen LogP contribution in [0.1, 0.15) is 20.3 Å². The van der Waals surface area contributed by atoms with Crippen LogP contribution in [0.15, 0.2) is 36.5 Å². The molecule has 1 fully saturated rings. The number of hydrogen-bond donors (Lipinski definition) is 2. The summed E-state index contributed by atoms with van der Waals surface area (Å²) >= 11 is 6.41. The van der Waals surface area contributed by atoms with Gasteiger partial charge in [0.2, 0.25) is 5.91 Å². The predicted octanol–water partition coefficient (Wildman–Crippen LogP) is 3.09. The van der Waals surface area contributed by atoms with Gasteiger partial charge >= 0.3 is 0 Å². The van der Waals surface area contributed by atoms with Gasteiger partial charge in [0.1, 0.15) is 11.6 Å². The van der Waals surface area contributed by atoms with Gasteiger partial charge in [-0.1, -0.05) is 23.7 Å². The van der Waals surface area contributed by atoms with Crippen LogP contribution in [0.5, 0.6) is 0 Å². The summed E-state index contributed by atoms with van der Waals surface area (Å²) in [7, 11) is 0. The Bertz CT molecular complexity index is 1000. The molecule has 0 aliphatic carbocycles. The minimum atomic E-state index is -0.993. The first kappa shape index (κ1) is 19.7. The normalized spacial score (nSPS) is 15.2. The number of H-pyrrole nitrogens is 1. The van der Waals surface area contributed by atoms with Crippen molar-refractivity contribution in [3.05, 3.63) is 41.6 Å². The van der Waals surface area contributed by atoms with Gasteiger partial charge in [0.25, 0.3) is 0 Å². The fourth-order valence-corrected chi connectivity index (χ4v) is 3.72. The zero-order valence-electron chi connectivity index (χ0n) is 16.5. The van der Waals surface area contributed by atoms with Crippen molar-refractivity contribution >= 4 is 34.4 Å². The summed E-state index contributed by atoms with van der Waals surface area (Å²) in [6, 6.07) is 9.78. The monoisotopic (exact) mass is 413 g/mol. The minimum absolute atomic E-state index is 0.0239. The maximum atomic E-state index is 12.3. The number of pyridine rings is 1. The first-order valence-corrected chi connectivity index (χ1v) is 10.0. The van der Waals surface area contributed by atoms with E-state index in [-0.39, 0.29) is 12.3 Å². The number of fused-ring (bicyclic) bond motifs is 1. The fourth-order valence-electron chi connectivity index (χ4n) is 3.53. The average Bonchev–Trinajstić information content (AvgIpc) is 3.11. The number of piperazine rings is 1. The van der Waals surface area contributed by atoms with Gasteiger partial charge in [0, 0.05) is 37.9 Å². The lowest BCUT2D eigenvalue weighted by Gasteiger charge is -2.36. The number of aromatic amines is 1. The third kappa shape index (κ3) is 4.36. The van der Waals surface area contributed by atoms with Crippen LogP contribution in [0, 0.1) is 0 Å². The van der Waals surface area contributed by atoms with Crippen molar-refractivity contribution in [1.82, 2.24) is 19.9 Å². The van der Waals surface area contributed by atoms with Gasteiger partial charge in [0.05, 0.1) is 28.1 Å². The minimum Gasteiger partial charge on any atom is -0.390 e. The van der Waals surface area contributed by atoms with E-state index in [1.165, 1.54) is 0 Å². The highest BCUT2D eigenvalue weighted by molar-refractivity contribution is 6.33. The van der Waals surface area contributed by atoms with E-state index in [0.717, 1.165) is 22.4 Å². The van der Waals surface area contributed by atoms with E-state index in [9.17, 15) is 9.90 Å². The molecular formula is C21H24ClN5O2. The van der Waals surface area contributed by atoms with Crippen molar-refractivity contribution in [3.8, 4) is 11.4 Å². The molecule has 4 rings (SSSR count). The molecule has 0 saturated carbocycles. The van der Waals surface area contributed by atoms with E-state index < -0.39 is 5.60 Å². The molecule has 1 saturated heterocycles. The summed E-state index contributed by atoms with van der Waals surface area (Å²) in [6.07, 6.45) is 1.77. The Balaban J connectivity index is 1.50. The van der Waals surface area contributed by atoms with Crippen molar-refractivity contribution < 1.29 is 9.90 Å². The maximum Gasteiger partial charge on any atom is 0.225 e. The molecule has 1 aromatic carbocycles. The molecule has 0 atom stereocenters. The number of anilines is 1. The molecule has 0 radical (unpaired) electrons. The topological polar surface area (TPSA) is 85.4 Å². The van der Waals surface area contributed by atoms with Crippen LogP contribution >= 0.6 is 11.6 Å². The van der Waals surface area contributed by atoms with Crippen molar-refractivity contribution in [2.75, 3.05) is 31.1 Å². The zero-order chi connectivity index (χ0) is 20.6. The van der Waals surface area contributed by atoms with E-state index in [1.807, 2.05) is 30.3 Å². The van der Waals surface area contributed by atoms with E-state index >= 15 is 0 Å². The zero-order valence-corrected chi connectivity index (χ0v) is 17.3. The first-order valence-electron chi connectivity index (χ1n) is 9.66. The average molecular weight is 414 g/mol. The number of imidazole rings is 1. The molecule has 3 heterocycles. The quantitative estimate of drug-likeness (QED) is 0.686. The van der Waals surface area contributed by atoms with Gasteiger partial charge in [-0.3, -0.25) is 4.79 Å². The van der Waals surface area contributed by atoms with E-state index in [1.54, 1.807) is 24.9 Å². The van der Waals surface area contributed by atoms with Gasteiger partial charge in [-0.25, -0.2) is 9.97 Å². The Morgan fingerprint density at radius 2 is 1.97 bits per heavy atom. The molecule has 7 nitrogen and oxygen atoms in total. The summed E-state index contributed by atoms with van der Waals surface area (Å²) in [5.74, 6) is 1.49. The molecule has 2 N–H and O–H groups in total. The SMILES string of the molecule is CC(C)(O)CC(=O)N1CCN(c2cc(-c3nc4ccccc4[nH]3)c(Cl)cn2)CC1. The number of halogens is 1. The Labute approximate surface area is 174 Å². The number of amides is 1. The van der Waals surface area contributed by atoms with Crippen LogP contribution in [0.3, 0.4) is 0 Å². The second-order valence-corrected chi connectivity index (χ2v) is 8.39. The van der Waals surface area contributed by atoms with Crippen molar-refractivity contribution in [2.24, 2.45) is 0 Å². The number of hydrogen-bond acceptors (Lipinski definition) is 5. The number of nitrogens with zero attached hydrogens (tertiary/aromatic N) is 4. The van der Waals surface area contributed by atoms with Crippen LogP contribution < -0.4 is 4.90 Å². The number of nitrogens with one attached hydrogen (secondary N) is 1. The summed E-state index contributed by atoms with van der Waals surface area (Å²) in [5.41, 5.74) is 1.65. The molecule has 0 unspecified atom stereocenters. The molecule has 2 aromatic heterocycles. The molecular weight excluding hydrogens is 390 g/mol. The Hall–Kier alpha value is -2.64. The fraction of sp³-hybridized carbons (Fsp3) is 0.381. The number of carbonyl (C=O) groups is 1. The Morgan fingerprint density at radius 3 is 2.66 bits per heavy atom. The van der Waals surface area contributed by atoms with E-state index in [2.05, 4.69) is 19.9 Å². The van der Waals surface area contributed by atoms with Crippen molar-refractivity contribution in [1.29, 1.82) is 0 Å². The maximum absolute atomic E-state index is 12.3. The second kappa shape index (κ2) is 7.65. The van der Waals surface area contributed by atoms with Crippen LogP contribution in [-0.2, 0) is 4.79 Å². The predicted molar refractivity (Wildman–Crippen MR) is 114 cm³/mol. The number of carbonyl (C=O) groups excluding carboxylic acids is 1. The number of aromatic nitrogens is 3. The van der Waals surface area contributed by atoms with Gasteiger partial charge in [0.15, 0.2) is 0 Å². The van der Waals surface area contributed by atoms with E-state index in [4.69, 9.17) is 11.6 Å². The van der Waals surface area contributed by atoms with Gasteiger partial charge in [-0.05, 0) is 32.0 Å². The molecule has 3 aromatic rings. The molecule has 1 amide bonds. The molecule has 1 aliphatic heterocycles. The van der Waals surface area contributed by atoms with Gasteiger partial charge < -0.3 is 19.9 Å². The molecule has 0 bridgehead atoms. The first-order chi connectivity index (χ1) is 13.8. The number of rotatable bonds is 4. The van der Waals surface area contributed by atoms with Crippen molar-refractivity contribution in [3.63, 3.8) is 0 Å². The lowest BCUT2D eigenvalue weighted by Crippen LogP contribution is -2.50. The second-order valence-electron chi connectivity index (χ2n) is 7.98. The van der Waals surface area contributed by atoms with Crippen molar-refractivity contribution in [2.45, 2.75) is 25.9 Å². The van der Waals surface area contributed by atoms with Crippen LogP contribution in [0.25, 0.3) is 22.4 Å². The highest BCUT2D eigenvalue weighted by Crippen LogP contribution is 2.30. The third-order valence-electron chi connectivity index (χ3n) is 5.03. The lowest BCUT2D eigenvalue weighted by molar-refractivity contribution is -0.135. The number of aliphatic hydroxyl groups is 1. The van der Waals surface area contributed by atoms with E-state index in [0.29, 0.717) is 37.0 Å². The highest BCUT2D eigenvalue weighted by atomic mass is 35.5. The van der Waals surface area contributed by atoms with Crippen LogP contribution in [-0.4, -0.2) is 62.6 Å². The molecule has 8 heteroatoms. The largest absolute Gasteiger partial charge is 0.390 e. The molecule has 29 heavy (non-hydrogen) atoms. The highest BCUT2D eigenvalue weighted by Gasteiger charge is 2.26. The summed E-state index contributed by atoms with van der Waals surface area (Å²) < 4.78 is 0. The van der Waals surface area contributed by atoms with Gasteiger partial charge in [-0.2, -0.15) is 0 Å². The Morgan fingerprint density at radius 1 is 1.24 bits per heavy atom. The van der Waals surface area contributed by atoms with Gasteiger partial charge in [-0.15, -0.1) is 0 Å². The summed E-state index contributed by atoms with van der Waals surface area (Å²) in [4.78, 5) is 28.7. The molecule has 0 spiro atoms.